The highest BCUT2D eigenvalue weighted by atomic mass is 127. The van der Waals surface area contributed by atoms with Crippen LogP contribution in [-0.4, -0.2) is 15.3 Å². The van der Waals surface area contributed by atoms with Crippen molar-refractivity contribution in [1.29, 1.82) is 0 Å². The van der Waals surface area contributed by atoms with E-state index in [9.17, 15) is 9.90 Å². The van der Waals surface area contributed by atoms with Crippen molar-refractivity contribution in [3.8, 4) is 5.75 Å². The number of phenols is 1. The van der Waals surface area contributed by atoms with Crippen LogP contribution in [0.1, 0.15) is 5.56 Å². The Hall–Kier alpha value is -0.360. The number of thiocarbonyl (C=S) groups is 1. The molecule has 3 rings (SSSR count). The van der Waals surface area contributed by atoms with Crippen LogP contribution in [-0.2, 0) is 4.79 Å². The minimum absolute atomic E-state index is 0.176. The van der Waals surface area contributed by atoms with Gasteiger partial charge in [-0.15, -0.1) is 0 Å². The number of carbonyl (C=O) groups is 1. The number of benzene rings is 2. The summed E-state index contributed by atoms with van der Waals surface area (Å²) in [7, 11) is 0. The van der Waals surface area contributed by atoms with Crippen LogP contribution in [0.5, 0.6) is 5.75 Å². The van der Waals surface area contributed by atoms with Gasteiger partial charge in [0.15, 0.2) is 4.32 Å². The average molecular weight is 600 g/mol. The molecule has 2 aromatic rings. The van der Waals surface area contributed by atoms with Gasteiger partial charge in [-0.1, -0.05) is 41.6 Å². The fourth-order valence-electron chi connectivity index (χ4n) is 2.13. The molecule has 0 aromatic heterocycles. The van der Waals surface area contributed by atoms with Crippen LogP contribution in [0.2, 0.25) is 5.02 Å². The van der Waals surface area contributed by atoms with E-state index in [1.807, 2.05) is 12.1 Å². The van der Waals surface area contributed by atoms with E-state index in [0.717, 1.165) is 12.7 Å². The summed E-state index contributed by atoms with van der Waals surface area (Å²) in [6.45, 7) is 0. The first-order valence-corrected chi connectivity index (χ1v) is 10.3. The predicted molar refractivity (Wildman–Crippen MR) is 121 cm³/mol. The molecule has 2 aromatic carbocycles. The SMILES string of the molecule is O=C1/C(=C/c2cc(I)c(O)c(I)c2)SC(=S)N1c1cccc(Cl)c1. The zero-order valence-electron chi connectivity index (χ0n) is 11.8. The second-order valence-electron chi connectivity index (χ2n) is 4.83. The van der Waals surface area contributed by atoms with Crippen molar-refractivity contribution in [3.63, 3.8) is 0 Å². The van der Waals surface area contributed by atoms with Gasteiger partial charge < -0.3 is 5.11 Å². The van der Waals surface area contributed by atoms with E-state index in [1.54, 1.807) is 30.3 Å². The Morgan fingerprint density at radius 3 is 2.50 bits per heavy atom. The van der Waals surface area contributed by atoms with Gasteiger partial charge in [-0.05, 0) is 87.2 Å². The van der Waals surface area contributed by atoms with Crippen molar-refractivity contribution >= 4 is 103 Å². The van der Waals surface area contributed by atoms with E-state index in [2.05, 4.69) is 45.2 Å². The minimum atomic E-state index is -0.176. The highest BCUT2D eigenvalue weighted by Crippen LogP contribution is 2.37. The van der Waals surface area contributed by atoms with E-state index in [-0.39, 0.29) is 11.7 Å². The third kappa shape index (κ3) is 3.74. The van der Waals surface area contributed by atoms with Gasteiger partial charge >= 0.3 is 0 Å². The summed E-state index contributed by atoms with van der Waals surface area (Å²) in [4.78, 5) is 14.7. The number of hydrogen-bond acceptors (Lipinski definition) is 4. The maximum absolute atomic E-state index is 12.7. The molecule has 1 fully saturated rings. The molecule has 1 amide bonds. The Labute approximate surface area is 180 Å². The quantitative estimate of drug-likeness (QED) is 0.275. The molecule has 8 heteroatoms. The minimum Gasteiger partial charge on any atom is -0.506 e. The third-order valence-electron chi connectivity index (χ3n) is 3.20. The summed E-state index contributed by atoms with van der Waals surface area (Å²) in [6.07, 6.45) is 1.79. The molecule has 122 valence electrons. The summed E-state index contributed by atoms with van der Waals surface area (Å²) in [5, 5.41) is 10.4. The largest absolute Gasteiger partial charge is 0.506 e. The van der Waals surface area contributed by atoms with Crippen molar-refractivity contribution < 1.29 is 9.90 Å². The molecular weight excluding hydrogens is 592 g/mol. The lowest BCUT2D eigenvalue weighted by Gasteiger charge is -2.14. The molecule has 1 saturated heterocycles. The first-order chi connectivity index (χ1) is 11.4. The van der Waals surface area contributed by atoms with E-state index >= 15 is 0 Å². The molecule has 0 saturated carbocycles. The van der Waals surface area contributed by atoms with Crippen molar-refractivity contribution in [2.45, 2.75) is 0 Å². The van der Waals surface area contributed by atoms with E-state index < -0.39 is 0 Å². The van der Waals surface area contributed by atoms with Crippen molar-refractivity contribution in [1.82, 2.24) is 0 Å². The summed E-state index contributed by atoms with van der Waals surface area (Å²) in [5.41, 5.74) is 1.50. The summed E-state index contributed by atoms with van der Waals surface area (Å²) in [5.74, 6) is 0.0742. The number of aromatic hydroxyl groups is 1. The lowest BCUT2D eigenvalue weighted by atomic mass is 10.2. The van der Waals surface area contributed by atoms with Gasteiger partial charge in [0.25, 0.3) is 5.91 Å². The number of phenolic OH excluding ortho intramolecular Hbond substituents is 1. The molecule has 1 aliphatic heterocycles. The van der Waals surface area contributed by atoms with Gasteiger partial charge in [-0.25, -0.2) is 0 Å². The van der Waals surface area contributed by atoms with Gasteiger partial charge in [0.05, 0.1) is 17.7 Å². The Morgan fingerprint density at radius 2 is 1.88 bits per heavy atom. The number of thioether (sulfide) groups is 1. The normalized spacial score (nSPS) is 16.3. The monoisotopic (exact) mass is 599 g/mol. The lowest BCUT2D eigenvalue weighted by Crippen LogP contribution is -2.27. The number of amides is 1. The third-order valence-corrected chi connectivity index (χ3v) is 6.38. The van der Waals surface area contributed by atoms with Crippen LogP contribution in [0, 0.1) is 7.14 Å². The number of anilines is 1. The van der Waals surface area contributed by atoms with Crippen molar-refractivity contribution in [3.05, 3.63) is 59.0 Å². The average Bonchev–Trinajstić information content (AvgIpc) is 2.79. The van der Waals surface area contributed by atoms with Gasteiger partial charge in [-0.2, -0.15) is 0 Å². The summed E-state index contributed by atoms with van der Waals surface area (Å²) >= 11 is 16.7. The zero-order valence-corrected chi connectivity index (χ0v) is 18.5. The Morgan fingerprint density at radius 1 is 1.21 bits per heavy atom. The van der Waals surface area contributed by atoms with Crippen LogP contribution >= 0.6 is 80.8 Å². The second kappa shape index (κ2) is 7.48. The summed E-state index contributed by atoms with van der Waals surface area (Å²) in [6, 6.07) is 10.7. The van der Waals surface area contributed by atoms with E-state index in [4.69, 9.17) is 23.8 Å². The maximum atomic E-state index is 12.7. The topological polar surface area (TPSA) is 40.5 Å². The molecule has 0 bridgehead atoms. The van der Waals surface area contributed by atoms with E-state index in [1.165, 1.54) is 16.7 Å². The Balaban J connectivity index is 1.97. The smallest absolute Gasteiger partial charge is 0.270 e. The molecule has 24 heavy (non-hydrogen) atoms. The highest BCUT2D eigenvalue weighted by molar-refractivity contribution is 14.1. The standard InChI is InChI=1S/C16H8ClI2NO2S2/c17-9-2-1-3-10(7-9)20-15(22)13(24-16(20)23)6-8-4-11(18)14(21)12(19)5-8/h1-7,21H/b13-6-. The number of halogens is 3. The first kappa shape index (κ1) is 18.4. The van der Waals surface area contributed by atoms with Crippen molar-refractivity contribution in [2.75, 3.05) is 4.90 Å². The Bertz CT molecular complexity index is 878. The van der Waals surface area contributed by atoms with Crippen LogP contribution in [0.3, 0.4) is 0 Å². The van der Waals surface area contributed by atoms with Crippen LogP contribution in [0.4, 0.5) is 5.69 Å². The number of hydrogen-bond donors (Lipinski definition) is 1. The molecule has 1 heterocycles. The van der Waals surface area contributed by atoms with Crippen molar-refractivity contribution in [2.24, 2.45) is 0 Å². The summed E-state index contributed by atoms with van der Waals surface area (Å²) < 4.78 is 1.93. The molecule has 3 nitrogen and oxygen atoms in total. The molecular formula is C16H8ClI2NO2S2. The maximum Gasteiger partial charge on any atom is 0.270 e. The fraction of sp³-hybridized carbons (Fsp3) is 0. The first-order valence-electron chi connectivity index (χ1n) is 6.58. The second-order valence-corrected chi connectivity index (χ2v) is 9.27. The molecule has 0 spiro atoms. The fourth-order valence-corrected chi connectivity index (χ4v) is 5.43. The molecule has 0 aliphatic carbocycles. The highest BCUT2D eigenvalue weighted by Gasteiger charge is 2.33. The number of carbonyl (C=O) groups excluding carboxylic acids is 1. The van der Waals surface area contributed by atoms with Crippen LogP contribution in [0.15, 0.2) is 41.3 Å². The predicted octanol–water partition coefficient (Wildman–Crippen LogP) is 5.66. The lowest BCUT2D eigenvalue weighted by molar-refractivity contribution is -0.113. The van der Waals surface area contributed by atoms with Crippen LogP contribution in [0.25, 0.3) is 6.08 Å². The van der Waals surface area contributed by atoms with Gasteiger partial charge in [-0.3, -0.25) is 9.69 Å². The Kier molecular flexibility index (Phi) is 5.75. The molecule has 1 N–H and O–H groups in total. The van der Waals surface area contributed by atoms with Gasteiger partial charge in [0.1, 0.15) is 5.75 Å². The van der Waals surface area contributed by atoms with Gasteiger partial charge in [0.2, 0.25) is 0 Å². The molecule has 0 atom stereocenters. The molecule has 1 aliphatic rings. The molecule has 0 unspecified atom stereocenters. The number of nitrogens with zero attached hydrogens (tertiary/aromatic N) is 1. The molecule has 0 radical (unpaired) electrons. The number of rotatable bonds is 2. The van der Waals surface area contributed by atoms with Gasteiger partial charge in [0, 0.05) is 5.02 Å². The zero-order chi connectivity index (χ0) is 17.4. The van der Waals surface area contributed by atoms with Crippen LogP contribution < -0.4 is 4.90 Å². The van der Waals surface area contributed by atoms with E-state index in [0.29, 0.717) is 19.9 Å².